The Labute approximate surface area is 106 Å². The molecule has 18 heavy (non-hydrogen) atoms. The van der Waals surface area contributed by atoms with E-state index in [4.69, 9.17) is 10.5 Å². The average molecular weight is 247 g/mol. The topological polar surface area (TPSA) is 78.8 Å². The molecule has 6 nitrogen and oxygen atoms in total. The van der Waals surface area contributed by atoms with Crippen LogP contribution in [-0.2, 0) is 12.8 Å². The molecule has 0 aliphatic heterocycles. The lowest BCUT2D eigenvalue weighted by molar-refractivity contribution is 0.409. The molecule has 2 N–H and O–H groups in total. The van der Waals surface area contributed by atoms with Crippen LogP contribution in [0.2, 0.25) is 0 Å². The molecule has 1 heterocycles. The summed E-state index contributed by atoms with van der Waals surface area (Å²) < 4.78 is 5.32. The minimum atomic E-state index is 0.512. The van der Waals surface area contributed by atoms with Crippen LogP contribution >= 0.6 is 0 Å². The first kappa shape index (κ1) is 12.5. The number of hydrogen-bond acceptors (Lipinski definition) is 5. The molecule has 0 unspecified atom stereocenters. The Bertz CT molecular complexity index is 523. The predicted octanol–water partition coefficient (Wildman–Crippen LogP) is 0.734. The minimum Gasteiger partial charge on any atom is -0.494 e. The normalized spacial score (nSPS) is 10.6. The Morgan fingerprint density at radius 3 is 2.89 bits per heavy atom. The highest BCUT2D eigenvalue weighted by Gasteiger charge is 2.10. The third-order valence-electron chi connectivity index (χ3n) is 2.69. The molecule has 1 aromatic carbocycles. The zero-order valence-corrected chi connectivity index (χ0v) is 10.6. The van der Waals surface area contributed by atoms with Crippen molar-refractivity contribution >= 4 is 0 Å². The van der Waals surface area contributed by atoms with Crippen LogP contribution in [0.25, 0.3) is 5.69 Å². The second kappa shape index (κ2) is 5.59. The van der Waals surface area contributed by atoms with E-state index in [0.717, 1.165) is 17.9 Å². The SMILES string of the molecule is CCc1ccc(OC)c(-n2nnc(CCN)n2)c1. The van der Waals surface area contributed by atoms with Gasteiger partial charge in [0.2, 0.25) is 0 Å². The zero-order chi connectivity index (χ0) is 13.0. The molecule has 6 heteroatoms. The maximum Gasteiger partial charge on any atom is 0.176 e. The van der Waals surface area contributed by atoms with Crippen LogP contribution in [0.15, 0.2) is 18.2 Å². The van der Waals surface area contributed by atoms with E-state index in [1.54, 1.807) is 7.11 Å². The van der Waals surface area contributed by atoms with Crippen LogP contribution in [0, 0.1) is 0 Å². The Morgan fingerprint density at radius 1 is 1.39 bits per heavy atom. The smallest absolute Gasteiger partial charge is 0.176 e. The van der Waals surface area contributed by atoms with E-state index in [-0.39, 0.29) is 0 Å². The van der Waals surface area contributed by atoms with E-state index < -0.39 is 0 Å². The van der Waals surface area contributed by atoms with Gasteiger partial charge in [-0.1, -0.05) is 13.0 Å². The number of hydrogen-bond donors (Lipinski definition) is 1. The van der Waals surface area contributed by atoms with Crippen molar-refractivity contribution in [3.63, 3.8) is 0 Å². The van der Waals surface area contributed by atoms with E-state index >= 15 is 0 Å². The van der Waals surface area contributed by atoms with Crippen molar-refractivity contribution in [3.05, 3.63) is 29.6 Å². The van der Waals surface area contributed by atoms with Crippen molar-refractivity contribution < 1.29 is 4.74 Å². The number of tetrazole rings is 1. The van der Waals surface area contributed by atoms with Gasteiger partial charge in [0.15, 0.2) is 5.82 Å². The number of rotatable bonds is 5. The number of nitrogens with two attached hydrogens (primary N) is 1. The van der Waals surface area contributed by atoms with Gasteiger partial charge in [-0.05, 0) is 35.9 Å². The molecule has 2 rings (SSSR count). The highest BCUT2D eigenvalue weighted by atomic mass is 16.5. The van der Waals surface area contributed by atoms with E-state index in [1.165, 1.54) is 10.4 Å². The van der Waals surface area contributed by atoms with Crippen molar-refractivity contribution in [2.45, 2.75) is 19.8 Å². The Morgan fingerprint density at radius 2 is 2.22 bits per heavy atom. The van der Waals surface area contributed by atoms with Gasteiger partial charge >= 0.3 is 0 Å². The van der Waals surface area contributed by atoms with E-state index in [1.807, 2.05) is 18.2 Å². The van der Waals surface area contributed by atoms with Gasteiger partial charge in [-0.3, -0.25) is 0 Å². The van der Waals surface area contributed by atoms with E-state index in [9.17, 15) is 0 Å². The molecule has 0 atom stereocenters. The summed E-state index contributed by atoms with van der Waals surface area (Å²) >= 11 is 0. The van der Waals surface area contributed by atoms with Gasteiger partial charge in [-0.25, -0.2) is 0 Å². The molecule has 0 spiro atoms. The van der Waals surface area contributed by atoms with Gasteiger partial charge in [0, 0.05) is 6.42 Å². The van der Waals surface area contributed by atoms with Crippen molar-refractivity contribution in [2.24, 2.45) is 5.73 Å². The summed E-state index contributed by atoms with van der Waals surface area (Å²) in [4.78, 5) is 1.49. The molecule has 0 aliphatic carbocycles. The molecule has 2 aromatic rings. The lowest BCUT2D eigenvalue weighted by atomic mass is 10.1. The summed E-state index contributed by atoms with van der Waals surface area (Å²) in [7, 11) is 1.63. The molecular formula is C12H17N5O. The summed E-state index contributed by atoms with van der Waals surface area (Å²) in [5.41, 5.74) is 7.46. The maximum absolute atomic E-state index is 5.47. The summed E-state index contributed by atoms with van der Waals surface area (Å²) in [6.45, 7) is 2.61. The number of aryl methyl sites for hydroxylation is 1. The Kier molecular flexibility index (Phi) is 3.88. The molecule has 0 saturated heterocycles. The molecule has 0 fully saturated rings. The average Bonchev–Trinajstić information content (AvgIpc) is 2.87. The van der Waals surface area contributed by atoms with Crippen molar-refractivity contribution in [3.8, 4) is 11.4 Å². The van der Waals surface area contributed by atoms with Gasteiger partial charge in [0.25, 0.3) is 0 Å². The first-order valence-corrected chi connectivity index (χ1v) is 5.94. The van der Waals surface area contributed by atoms with Gasteiger partial charge in [0.1, 0.15) is 11.4 Å². The molecule has 0 saturated carbocycles. The van der Waals surface area contributed by atoms with Gasteiger partial charge in [-0.15, -0.1) is 15.0 Å². The largest absolute Gasteiger partial charge is 0.494 e. The van der Waals surface area contributed by atoms with Crippen LogP contribution < -0.4 is 10.5 Å². The van der Waals surface area contributed by atoms with Gasteiger partial charge in [-0.2, -0.15) is 0 Å². The maximum atomic E-state index is 5.47. The summed E-state index contributed by atoms with van der Waals surface area (Å²) in [6.07, 6.45) is 1.57. The zero-order valence-electron chi connectivity index (χ0n) is 10.6. The lowest BCUT2D eigenvalue weighted by Gasteiger charge is -2.08. The standard InChI is InChI=1S/C12H17N5O/c1-3-9-4-5-11(18-2)10(8-9)17-15-12(6-7-13)14-16-17/h4-5,8H,3,6-7,13H2,1-2H3. The third-order valence-corrected chi connectivity index (χ3v) is 2.69. The fourth-order valence-corrected chi connectivity index (χ4v) is 1.69. The Hall–Kier alpha value is -1.95. The van der Waals surface area contributed by atoms with Gasteiger partial charge in [0.05, 0.1) is 7.11 Å². The van der Waals surface area contributed by atoms with Crippen LogP contribution in [0.1, 0.15) is 18.3 Å². The number of benzene rings is 1. The molecular weight excluding hydrogens is 230 g/mol. The first-order valence-electron chi connectivity index (χ1n) is 5.94. The van der Waals surface area contributed by atoms with E-state index in [2.05, 4.69) is 22.3 Å². The summed E-state index contributed by atoms with van der Waals surface area (Å²) in [5, 5.41) is 12.3. The van der Waals surface area contributed by atoms with E-state index in [0.29, 0.717) is 18.8 Å². The number of ether oxygens (including phenoxy) is 1. The fourth-order valence-electron chi connectivity index (χ4n) is 1.69. The van der Waals surface area contributed by atoms with Crippen LogP contribution in [0.5, 0.6) is 5.75 Å². The molecule has 0 aliphatic rings. The molecule has 0 bridgehead atoms. The third kappa shape index (κ3) is 2.48. The molecule has 1 aromatic heterocycles. The lowest BCUT2D eigenvalue weighted by Crippen LogP contribution is -2.06. The summed E-state index contributed by atoms with van der Waals surface area (Å²) in [5.74, 6) is 1.37. The van der Waals surface area contributed by atoms with Crippen molar-refractivity contribution in [1.29, 1.82) is 0 Å². The number of aromatic nitrogens is 4. The first-order chi connectivity index (χ1) is 8.78. The minimum absolute atomic E-state index is 0.512. The monoisotopic (exact) mass is 247 g/mol. The molecule has 0 amide bonds. The number of methoxy groups -OCH3 is 1. The highest BCUT2D eigenvalue weighted by Crippen LogP contribution is 2.22. The second-order valence-electron chi connectivity index (χ2n) is 3.89. The van der Waals surface area contributed by atoms with Crippen LogP contribution in [-0.4, -0.2) is 33.9 Å². The van der Waals surface area contributed by atoms with Crippen LogP contribution in [0.3, 0.4) is 0 Å². The highest BCUT2D eigenvalue weighted by molar-refractivity contribution is 5.47. The van der Waals surface area contributed by atoms with Crippen molar-refractivity contribution in [1.82, 2.24) is 20.2 Å². The fraction of sp³-hybridized carbons (Fsp3) is 0.417. The summed E-state index contributed by atoms with van der Waals surface area (Å²) in [6, 6.07) is 5.95. The second-order valence-corrected chi connectivity index (χ2v) is 3.89. The predicted molar refractivity (Wildman–Crippen MR) is 67.8 cm³/mol. The number of nitrogens with zero attached hydrogens (tertiary/aromatic N) is 4. The van der Waals surface area contributed by atoms with Gasteiger partial charge < -0.3 is 10.5 Å². The van der Waals surface area contributed by atoms with Crippen LogP contribution in [0.4, 0.5) is 0 Å². The molecule has 0 radical (unpaired) electrons. The quantitative estimate of drug-likeness (QED) is 0.842. The van der Waals surface area contributed by atoms with Crippen molar-refractivity contribution in [2.75, 3.05) is 13.7 Å². The Balaban J connectivity index is 2.40. The molecule has 96 valence electrons.